The molecule has 1 aliphatic rings. The van der Waals surface area contributed by atoms with Crippen LogP contribution in [0.25, 0.3) is 0 Å². The highest BCUT2D eigenvalue weighted by atomic mass is 16.4. The summed E-state index contributed by atoms with van der Waals surface area (Å²) in [5, 5.41) is 8.93. The lowest BCUT2D eigenvalue weighted by Crippen LogP contribution is -2.40. The van der Waals surface area contributed by atoms with Crippen LogP contribution in [0.4, 0.5) is 5.69 Å². The van der Waals surface area contributed by atoms with E-state index in [1.807, 2.05) is 17.0 Å². The van der Waals surface area contributed by atoms with Crippen molar-refractivity contribution in [3.8, 4) is 0 Å². The Bertz CT molecular complexity index is 420. The Balaban J connectivity index is 2.28. The van der Waals surface area contributed by atoms with Gasteiger partial charge >= 0.3 is 5.97 Å². The van der Waals surface area contributed by atoms with Gasteiger partial charge in [-0.05, 0) is 18.6 Å². The van der Waals surface area contributed by atoms with Crippen LogP contribution in [0, 0.1) is 0 Å². The quantitative estimate of drug-likeness (QED) is 0.840. The second-order valence-electron chi connectivity index (χ2n) is 4.66. The van der Waals surface area contributed by atoms with Crippen LogP contribution < -0.4 is 4.90 Å². The van der Waals surface area contributed by atoms with Crippen LogP contribution in [-0.2, 0) is 11.3 Å². The second kappa shape index (κ2) is 4.75. The van der Waals surface area contributed by atoms with Gasteiger partial charge in [0, 0.05) is 31.9 Å². The molecule has 0 bridgehead atoms. The van der Waals surface area contributed by atoms with Gasteiger partial charge < -0.3 is 10.0 Å². The molecule has 0 aliphatic carbocycles. The van der Waals surface area contributed by atoms with Gasteiger partial charge in [-0.3, -0.25) is 9.69 Å². The van der Waals surface area contributed by atoms with E-state index in [2.05, 4.69) is 31.0 Å². The van der Waals surface area contributed by atoms with Crippen LogP contribution >= 0.6 is 0 Å². The van der Waals surface area contributed by atoms with Crippen molar-refractivity contribution < 1.29 is 9.90 Å². The predicted molar refractivity (Wildman–Crippen MR) is 67.2 cm³/mol. The lowest BCUT2D eigenvalue weighted by atomic mass is 10.1. The number of hydrogen-bond acceptors (Lipinski definition) is 3. The molecule has 0 amide bonds. The molecule has 0 saturated carbocycles. The number of anilines is 1. The normalized spacial score (nSPS) is 20.8. The standard InChI is InChI=1S/C13H18N2O2/c1-10-7-14(2)12-6-4-3-5-11(12)8-15(10)9-13(16)17/h3-6,10H,7-9H2,1-2H3,(H,16,17). The summed E-state index contributed by atoms with van der Waals surface area (Å²) < 4.78 is 0. The molecule has 1 aliphatic heterocycles. The van der Waals surface area contributed by atoms with E-state index < -0.39 is 5.97 Å². The molecule has 1 aromatic carbocycles. The Kier molecular flexibility index (Phi) is 3.33. The predicted octanol–water partition coefficient (Wildman–Crippen LogP) is 1.41. The van der Waals surface area contributed by atoms with Gasteiger partial charge in [0.15, 0.2) is 0 Å². The van der Waals surface area contributed by atoms with Crippen LogP contribution in [0.2, 0.25) is 0 Å². The topological polar surface area (TPSA) is 43.8 Å². The van der Waals surface area contributed by atoms with Crippen LogP contribution in [0.15, 0.2) is 24.3 Å². The first kappa shape index (κ1) is 11.9. The monoisotopic (exact) mass is 234 g/mol. The van der Waals surface area contributed by atoms with Crippen molar-refractivity contribution in [1.29, 1.82) is 0 Å². The molecule has 0 aromatic heterocycles. The summed E-state index contributed by atoms with van der Waals surface area (Å²) in [7, 11) is 2.06. The molecule has 1 heterocycles. The molecule has 1 aromatic rings. The highest BCUT2D eigenvalue weighted by Gasteiger charge is 2.24. The highest BCUT2D eigenvalue weighted by Crippen LogP contribution is 2.25. The Morgan fingerprint density at radius 1 is 1.47 bits per heavy atom. The SMILES string of the molecule is CC1CN(C)c2ccccc2CN1CC(=O)O. The lowest BCUT2D eigenvalue weighted by Gasteiger charge is -2.26. The van der Waals surface area contributed by atoms with E-state index >= 15 is 0 Å². The number of para-hydroxylation sites is 1. The van der Waals surface area contributed by atoms with Gasteiger partial charge in [-0.25, -0.2) is 0 Å². The van der Waals surface area contributed by atoms with Crippen molar-refractivity contribution in [2.45, 2.75) is 19.5 Å². The van der Waals surface area contributed by atoms with E-state index in [4.69, 9.17) is 5.11 Å². The minimum absolute atomic E-state index is 0.101. The summed E-state index contributed by atoms with van der Waals surface area (Å²) in [5.41, 5.74) is 2.40. The van der Waals surface area contributed by atoms with Crippen LogP contribution in [0.3, 0.4) is 0 Å². The first-order valence-electron chi connectivity index (χ1n) is 5.83. The number of benzene rings is 1. The van der Waals surface area contributed by atoms with E-state index in [-0.39, 0.29) is 12.6 Å². The van der Waals surface area contributed by atoms with Gasteiger partial charge in [0.25, 0.3) is 0 Å². The van der Waals surface area contributed by atoms with Crippen LogP contribution in [-0.4, -0.2) is 42.2 Å². The Labute approximate surface area is 101 Å². The van der Waals surface area contributed by atoms with E-state index in [0.717, 1.165) is 6.54 Å². The zero-order valence-corrected chi connectivity index (χ0v) is 10.3. The van der Waals surface area contributed by atoms with Crippen molar-refractivity contribution in [3.63, 3.8) is 0 Å². The molecular formula is C13H18N2O2. The summed E-state index contributed by atoms with van der Waals surface area (Å²) in [5.74, 6) is -0.765. The average molecular weight is 234 g/mol. The number of aliphatic carboxylic acids is 1. The Hall–Kier alpha value is -1.55. The molecule has 1 N–H and O–H groups in total. The van der Waals surface area contributed by atoms with Crippen molar-refractivity contribution >= 4 is 11.7 Å². The molecule has 0 fully saturated rings. The van der Waals surface area contributed by atoms with Gasteiger partial charge in [0.2, 0.25) is 0 Å². The number of nitrogens with zero attached hydrogens (tertiary/aromatic N) is 2. The maximum absolute atomic E-state index is 10.9. The number of rotatable bonds is 2. The molecule has 4 heteroatoms. The van der Waals surface area contributed by atoms with Gasteiger partial charge in [-0.2, -0.15) is 0 Å². The fourth-order valence-corrected chi connectivity index (χ4v) is 2.39. The maximum atomic E-state index is 10.9. The third kappa shape index (κ3) is 2.58. The van der Waals surface area contributed by atoms with Crippen molar-refractivity contribution in [2.24, 2.45) is 0 Å². The zero-order valence-electron chi connectivity index (χ0n) is 10.3. The molecule has 2 rings (SSSR count). The van der Waals surface area contributed by atoms with Crippen LogP contribution in [0.5, 0.6) is 0 Å². The van der Waals surface area contributed by atoms with Crippen molar-refractivity contribution in [2.75, 3.05) is 25.0 Å². The number of carboxylic acid groups (broad SMARTS) is 1. The molecule has 92 valence electrons. The second-order valence-corrected chi connectivity index (χ2v) is 4.66. The zero-order chi connectivity index (χ0) is 12.4. The summed E-state index contributed by atoms with van der Waals surface area (Å²) in [6.07, 6.45) is 0. The van der Waals surface area contributed by atoms with Gasteiger partial charge in [0.1, 0.15) is 0 Å². The van der Waals surface area contributed by atoms with Crippen molar-refractivity contribution in [3.05, 3.63) is 29.8 Å². The Morgan fingerprint density at radius 3 is 2.88 bits per heavy atom. The summed E-state index contributed by atoms with van der Waals surface area (Å²) in [6.45, 7) is 3.73. The molecular weight excluding hydrogens is 216 g/mol. The minimum Gasteiger partial charge on any atom is -0.480 e. The third-order valence-electron chi connectivity index (χ3n) is 3.28. The van der Waals surface area contributed by atoms with E-state index in [9.17, 15) is 4.79 Å². The molecule has 4 nitrogen and oxygen atoms in total. The number of likely N-dealkylation sites (N-methyl/N-ethyl adjacent to an activating group) is 1. The molecule has 0 saturated heterocycles. The minimum atomic E-state index is -0.765. The van der Waals surface area contributed by atoms with Gasteiger partial charge in [-0.15, -0.1) is 0 Å². The number of carboxylic acids is 1. The fourth-order valence-electron chi connectivity index (χ4n) is 2.39. The maximum Gasteiger partial charge on any atom is 0.317 e. The Morgan fingerprint density at radius 2 is 2.18 bits per heavy atom. The smallest absolute Gasteiger partial charge is 0.317 e. The number of fused-ring (bicyclic) bond motifs is 1. The largest absolute Gasteiger partial charge is 0.480 e. The summed E-state index contributed by atoms with van der Waals surface area (Å²) in [6, 6.07) is 8.42. The molecule has 0 spiro atoms. The van der Waals surface area contributed by atoms with Gasteiger partial charge in [-0.1, -0.05) is 18.2 Å². The molecule has 17 heavy (non-hydrogen) atoms. The molecule has 1 atom stereocenters. The van der Waals surface area contributed by atoms with Crippen molar-refractivity contribution in [1.82, 2.24) is 4.90 Å². The highest BCUT2D eigenvalue weighted by molar-refractivity contribution is 5.69. The lowest BCUT2D eigenvalue weighted by molar-refractivity contribution is -0.138. The first-order valence-corrected chi connectivity index (χ1v) is 5.83. The van der Waals surface area contributed by atoms with E-state index in [1.165, 1.54) is 11.3 Å². The molecule has 0 radical (unpaired) electrons. The third-order valence-corrected chi connectivity index (χ3v) is 3.28. The average Bonchev–Trinajstić information content (AvgIpc) is 2.38. The van der Waals surface area contributed by atoms with Gasteiger partial charge in [0.05, 0.1) is 6.54 Å². The number of carbonyl (C=O) groups is 1. The van der Waals surface area contributed by atoms with Crippen LogP contribution in [0.1, 0.15) is 12.5 Å². The number of hydrogen-bond donors (Lipinski definition) is 1. The first-order chi connectivity index (χ1) is 8.08. The fraction of sp³-hybridized carbons (Fsp3) is 0.462. The van der Waals surface area contributed by atoms with E-state index in [1.54, 1.807) is 0 Å². The summed E-state index contributed by atoms with van der Waals surface area (Å²) >= 11 is 0. The van der Waals surface area contributed by atoms with E-state index in [0.29, 0.717) is 6.54 Å². The molecule has 1 unspecified atom stereocenters. The summed E-state index contributed by atoms with van der Waals surface area (Å²) in [4.78, 5) is 15.1.